The van der Waals surface area contributed by atoms with Crippen LogP contribution in [0.15, 0.2) is 30.5 Å². The van der Waals surface area contributed by atoms with E-state index in [0.717, 1.165) is 17.8 Å². The first-order chi connectivity index (χ1) is 9.97. The van der Waals surface area contributed by atoms with Gasteiger partial charge in [0.2, 0.25) is 5.91 Å². The number of aryl methyl sites for hydroxylation is 1. The standard InChI is InChI=1S/C16H22N4O/c1-11(17-9-15-10-18-20(4)12(15)2)14-6-5-7-16(8-14)19-13(3)21/h5-8,10-11,17H,9H2,1-4H3,(H,19,21). The predicted octanol–water partition coefficient (Wildman–Crippen LogP) is 2.54. The first kappa shape index (κ1) is 15.3. The predicted molar refractivity (Wildman–Crippen MR) is 83.9 cm³/mol. The van der Waals surface area contributed by atoms with E-state index in [0.29, 0.717) is 0 Å². The zero-order valence-corrected chi connectivity index (χ0v) is 13.0. The SMILES string of the molecule is CC(=O)Nc1cccc(C(C)NCc2cnn(C)c2C)c1. The maximum atomic E-state index is 11.1. The number of benzene rings is 1. The minimum atomic E-state index is -0.0567. The molecule has 5 nitrogen and oxygen atoms in total. The number of nitrogens with one attached hydrogen (secondary N) is 2. The Morgan fingerprint density at radius 1 is 1.43 bits per heavy atom. The van der Waals surface area contributed by atoms with Crippen LogP contribution < -0.4 is 10.6 Å². The van der Waals surface area contributed by atoms with Crippen molar-refractivity contribution in [2.75, 3.05) is 5.32 Å². The molecule has 0 saturated heterocycles. The van der Waals surface area contributed by atoms with Crippen molar-refractivity contribution in [3.63, 3.8) is 0 Å². The van der Waals surface area contributed by atoms with Gasteiger partial charge in [-0.1, -0.05) is 12.1 Å². The molecule has 21 heavy (non-hydrogen) atoms. The first-order valence-electron chi connectivity index (χ1n) is 7.05. The van der Waals surface area contributed by atoms with Gasteiger partial charge in [-0.25, -0.2) is 0 Å². The lowest BCUT2D eigenvalue weighted by Crippen LogP contribution is -2.18. The molecule has 1 amide bonds. The molecule has 0 aliphatic rings. The van der Waals surface area contributed by atoms with Gasteiger partial charge in [-0.3, -0.25) is 9.48 Å². The van der Waals surface area contributed by atoms with E-state index in [9.17, 15) is 4.79 Å². The van der Waals surface area contributed by atoms with E-state index < -0.39 is 0 Å². The first-order valence-corrected chi connectivity index (χ1v) is 7.05. The third-order valence-corrected chi connectivity index (χ3v) is 3.64. The highest BCUT2D eigenvalue weighted by Gasteiger charge is 2.08. The van der Waals surface area contributed by atoms with Crippen molar-refractivity contribution in [2.45, 2.75) is 33.4 Å². The Bertz CT molecular complexity index is 633. The number of rotatable bonds is 5. The zero-order valence-electron chi connectivity index (χ0n) is 13.0. The normalized spacial score (nSPS) is 12.2. The number of anilines is 1. The summed E-state index contributed by atoms with van der Waals surface area (Å²) in [6.45, 7) is 6.45. The van der Waals surface area contributed by atoms with Gasteiger partial charge in [0.05, 0.1) is 6.20 Å². The van der Waals surface area contributed by atoms with Gasteiger partial charge in [-0.2, -0.15) is 5.10 Å². The molecule has 1 aromatic carbocycles. The second-order valence-electron chi connectivity index (χ2n) is 5.29. The van der Waals surface area contributed by atoms with Crippen molar-refractivity contribution in [3.05, 3.63) is 47.3 Å². The van der Waals surface area contributed by atoms with Crippen molar-refractivity contribution in [2.24, 2.45) is 7.05 Å². The molecule has 0 spiro atoms. The molecule has 1 unspecified atom stereocenters. The maximum absolute atomic E-state index is 11.1. The number of amides is 1. The molecule has 0 aliphatic heterocycles. The van der Waals surface area contributed by atoms with Gasteiger partial charge in [-0.15, -0.1) is 0 Å². The van der Waals surface area contributed by atoms with Crippen LogP contribution in [-0.2, 0) is 18.4 Å². The van der Waals surface area contributed by atoms with Gasteiger partial charge in [-0.05, 0) is 31.5 Å². The van der Waals surface area contributed by atoms with Crippen LogP contribution in [0.25, 0.3) is 0 Å². The van der Waals surface area contributed by atoms with E-state index in [1.165, 1.54) is 18.2 Å². The molecule has 0 fully saturated rings. The summed E-state index contributed by atoms with van der Waals surface area (Å²) in [4.78, 5) is 11.1. The van der Waals surface area contributed by atoms with E-state index in [-0.39, 0.29) is 11.9 Å². The molecular formula is C16H22N4O. The molecular weight excluding hydrogens is 264 g/mol. The van der Waals surface area contributed by atoms with E-state index in [1.807, 2.05) is 36.1 Å². The Morgan fingerprint density at radius 2 is 2.19 bits per heavy atom. The van der Waals surface area contributed by atoms with Crippen molar-refractivity contribution < 1.29 is 4.79 Å². The van der Waals surface area contributed by atoms with Crippen LogP contribution >= 0.6 is 0 Å². The van der Waals surface area contributed by atoms with Crippen molar-refractivity contribution in [1.82, 2.24) is 15.1 Å². The summed E-state index contributed by atoms with van der Waals surface area (Å²) in [6, 6.07) is 8.09. The van der Waals surface area contributed by atoms with Gasteiger partial charge in [0.1, 0.15) is 0 Å². The molecule has 0 aliphatic carbocycles. The third-order valence-electron chi connectivity index (χ3n) is 3.64. The van der Waals surface area contributed by atoms with Crippen molar-refractivity contribution in [3.8, 4) is 0 Å². The largest absolute Gasteiger partial charge is 0.326 e. The molecule has 2 rings (SSSR count). The fraction of sp³-hybridized carbons (Fsp3) is 0.375. The van der Waals surface area contributed by atoms with Crippen molar-refractivity contribution in [1.29, 1.82) is 0 Å². The Morgan fingerprint density at radius 3 is 2.81 bits per heavy atom. The molecule has 0 saturated carbocycles. The second-order valence-corrected chi connectivity index (χ2v) is 5.29. The summed E-state index contributed by atoms with van der Waals surface area (Å²) in [5, 5.41) is 10.5. The van der Waals surface area contributed by atoms with Crippen LogP contribution in [0.4, 0.5) is 5.69 Å². The Labute approximate surface area is 125 Å². The molecule has 1 heterocycles. The minimum absolute atomic E-state index is 0.0567. The summed E-state index contributed by atoms with van der Waals surface area (Å²) in [5.74, 6) is -0.0567. The topological polar surface area (TPSA) is 59.0 Å². The summed E-state index contributed by atoms with van der Waals surface area (Å²) < 4.78 is 1.87. The third kappa shape index (κ3) is 3.92. The molecule has 2 N–H and O–H groups in total. The van der Waals surface area contributed by atoms with Gasteiger partial charge in [0, 0.05) is 43.5 Å². The van der Waals surface area contributed by atoms with Crippen LogP contribution in [0, 0.1) is 6.92 Å². The maximum Gasteiger partial charge on any atom is 0.221 e. The number of nitrogens with zero attached hydrogens (tertiary/aromatic N) is 2. The van der Waals surface area contributed by atoms with E-state index in [2.05, 4.69) is 35.6 Å². The minimum Gasteiger partial charge on any atom is -0.326 e. The fourth-order valence-electron chi connectivity index (χ4n) is 2.19. The summed E-state index contributed by atoms with van der Waals surface area (Å²) in [6.07, 6.45) is 1.89. The molecule has 5 heteroatoms. The number of carbonyl (C=O) groups excluding carboxylic acids is 1. The quantitative estimate of drug-likeness (QED) is 0.888. The number of hydrogen-bond donors (Lipinski definition) is 2. The fourth-order valence-corrected chi connectivity index (χ4v) is 2.19. The summed E-state index contributed by atoms with van der Waals surface area (Å²) in [7, 11) is 1.94. The molecule has 2 aromatic rings. The van der Waals surface area contributed by atoms with Crippen molar-refractivity contribution >= 4 is 11.6 Å². The molecule has 1 aromatic heterocycles. The highest BCUT2D eigenvalue weighted by Crippen LogP contribution is 2.18. The smallest absolute Gasteiger partial charge is 0.221 e. The molecule has 1 atom stereocenters. The number of aromatic nitrogens is 2. The average molecular weight is 286 g/mol. The van der Waals surface area contributed by atoms with Crippen LogP contribution in [0.2, 0.25) is 0 Å². The van der Waals surface area contributed by atoms with E-state index >= 15 is 0 Å². The molecule has 0 bridgehead atoms. The van der Waals surface area contributed by atoms with Gasteiger partial charge >= 0.3 is 0 Å². The highest BCUT2D eigenvalue weighted by molar-refractivity contribution is 5.88. The van der Waals surface area contributed by atoms with Gasteiger partial charge in [0.15, 0.2) is 0 Å². The van der Waals surface area contributed by atoms with E-state index in [1.54, 1.807) is 0 Å². The lowest BCUT2D eigenvalue weighted by atomic mass is 10.1. The molecule has 0 radical (unpaired) electrons. The van der Waals surface area contributed by atoms with Gasteiger partial charge in [0.25, 0.3) is 0 Å². The molecule has 112 valence electrons. The average Bonchev–Trinajstić information content (AvgIpc) is 2.76. The zero-order chi connectivity index (χ0) is 15.4. The monoisotopic (exact) mass is 286 g/mol. The Balaban J connectivity index is 2.01. The van der Waals surface area contributed by atoms with Crippen LogP contribution in [-0.4, -0.2) is 15.7 Å². The van der Waals surface area contributed by atoms with E-state index in [4.69, 9.17) is 0 Å². The van der Waals surface area contributed by atoms with Crippen LogP contribution in [0.3, 0.4) is 0 Å². The van der Waals surface area contributed by atoms with Gasteiger partial charge < -0.3 is 10.6 Å². The Hall–Kier alpha value is -2.14. The Kier molecular flexibility index (Phi) is 4.75. The highest BCUT2D eigenvalue weighted by atomic mass is 16.1. The number of carbonyl (C=O) groups is 1. The van der Waals surface area contributed by atoms with Crippen LogP contribution in [0.5, 0.6) is 0 Å². The summed E-state index contributed by atoms with van der Waals surface area (Å²) in [5.41, 5.74) is 4.33. The lowest BCUT2D eigenvalue weighted by molar-refractivity contribution is -0.114. The second kappa shape index (κ2) is 6.54. The van der Waals surface area contributed by atoms with Crippen LogP contribution in [0.1, 0.15) is 36.7 Å². The summed E-state index contributed by atoms with van der Waals surface area (Å²) >= 11 is 0. The number of hydrogen-bond acceptors (Lipinski definition) is 3. The lowest BCUT2D eigenvalue weighted by Gasteiger charge is -2.15.